The number of thioether (sulfide) groups is 1. The van der Waals surface area contributed by atoms with E-state index in [0.717, 1.165) is 18.5 Å². The molecule has 4 rings (SSSR count). The van der Waals surface area contributed by atoms with Crippen LogP contribution in [0, 0.1) is 0 Å². The summed E-state index contributed by atoms with van der Waals surface area (Å²) in [5, 5.41) is 12.5. The molecule has 2 amide bonds. The number of nitrogens with zero attached hydrogens (tertiary/aromatic N) is 4. The molecule has 1 unspecified atom stereocenters. The van der Waals surface area contributed by atoms with Gasteiger partial charge in [0, 0.05) is 19.3 Å². The van der Waals surface area contributed by atoms with E-state index in [9.17, 15) is 9.59 Å². The van der Waals surface area contributed by atoms with Crippen molar-refractivity contribution in [3.8, 4) is 0 Å². The van der Waals surface area contributed by atoms with E-state index >= 15 is 0 Å². The highest BCUT2D eigenvalue weighted by atomic mass is 35.5. The van der Waals surface area contributed by atoms with E-state index in [1.54, 1.807) is 18.2 Å². The molecule has 1 aliphatic rings. The second-order valence-corrected chi connectivity index (χ2v) is 8.59. The van der Waals surface area contributed by atoms with E-state index in [1.807, 2.05) is 52.9 Å². The van der Waals surface area contributed by atoms with Gasteiger partial charge in [0.1, 0.15) is 0 Å². The van der Waals surface area contributed by atoms with Crippen LogP contribution in [0.5, 0.6) is 0 Å². The summed E-state index contributed by atoms with van der Waals surface area (Å²) in [6, 6.07) is 16.2. The molecule has 1 fully saturated rings. The van der Waals surface area contributed by atoms with Crippen molar-refractivity contribution in [2.24, 2.45) is 7.05 Å². The van der Waals surface area contributed by atoms with Gasteiger partial charge in [0.15, 0.2) is 11.0 Å². The minimum Gasteiger partial charge on any atom is -0.328 e. The minimum atomic E-state index is -0.172. The zero-order valence-corrected chi connectivity index (χ0v) is 18.6. The van der Waals surface area contributed by atoms with Gasteiger partial charge in [-0.25, -0.2) is 0 Å². The van der Waals surface area contributed by atoms with Gasteiger partial charge in [-0.05, 0) is 37.1 Å². The van der Waals surface area contributed by atoms with Gasteiger partial charge in [0.2, 0.25) is 5.91 Å². The second-order valence-electron chi connectivity index (χ2n) is 7.24. The van der Waals surface area contributed by atoms with Crippen molar-refractivity contribution in [1.29, 1.82) is 0 Å². The minimum absolute atomic E-state index is 0.104. The molecule has 1 saturated heterocycles. The topological polar surface area (TPSA) is 80.1 Å². The molecule has 160 valence electrons. The van der Waals surface area contributed by atoms with E-state index in [-0.39, 0.29) is 23.6 Å². The molecule has 0 aliphatic carbocycles. The summed E-state index contributed by atoms with van der Waals surface area (Å²) in [6.07, 6.45) is 1.69. The summed E-state index contributed by atoms with van der Waals surface area (Å²) in [6.45, 7) is 0.642. The Morgan fingerprint density at radius 3 is 2.65 bits per heavy atom. The number of hydrogen-bond acceptors (Lipinski definition) is 5. The highest BCUT2D eigenvalue weighted by Gasteiger charge is 2.34. The molecule has 3 aromatic rings. The van der Waals surface area contributed by atoms with E-state index in [4.69, 9.17) is 11.6 Å². The fraction of sp³-hybridized carbons (Fsp3) is 0.273. The Hall–Kier alpha value is -2.84. The molecule has 1 N–H and O–H groups in total. The predicted molar refractivity (Wildman–Crippen MR) is 121 cm³/mol. The Morgan fingerprint density at radius 1 is 1.13 bits per heavy atom. The molecule has 2 heterocycles. The van der Waals surface area contributed by atoms with Crippen LogP contribution in [-0.2, 0) is 11.8 Å². The molecule has 1 aromatic heterocycles. The Morgan fingerprint density at radius 2 is 1.87 bits per heavy atom. The first-order valence-electron chi connectivity index (χ1n) is 9.97. The summed E-state index contributed by atoms with van der Waals surface area (Å²) in [5.74, 6) is 0.710. The average molecular weight is 456 g/mol. The third-order valence-electron chi connectivity index (χ3n) is 5.17. The van der Waals surface area contributed by atoms with Crippen LogP contribution in [-0.4, -0.2) is 43.8 Å². The van der Waals surface area contributed by atoms with Crippen molar-refractivity contribution in [1.82, 2.24) is 19.7 Å². The summed E-state index contributed by atoms with van der Waals surface area (Å²) in [5.41, 5.74) is 1.25. The molecular formula is C22H22ClN5O2S. The van der Waals surface area contributed by atoms with Crippen LogP contribution >= 0.6 is 23.4 Å². The maximum Gasteiger partial charge on any atom is 0.255 e. The summed E-state index contributed by atoms with van der Waals surface area (Å²) >= 11 is 7.55. The highest BCUT2D eigenvalue weighted by molar-refractivity contribution is 7.99. The number of aromatic nitrogens is 3. The van der Waals surface area contributed by atoms with Crippen molar-refractivity contribution >= 4 is 40.9 Å². The van der Waals surface area contributed by atoms with Crippen molar-refractivity contribution in [3.05, 3.63) is 71.0 Å². The maximum absolute atomic E-state index is 13.1. The molecular weight excluding hydrogens is 434 g/mol. The summed E-state index contributed by atoms with van der Waals surface area (Å²) in [4.78, 5) is 27.1. The smallest absolute Gasteiger partial charge is 0.255 e. The Labute approximate surface area is 189 Å². The van der Waals surface area contributed by atoms with Gasteiger partial charge in [-0.15, -0.1) is 10.2 Å². The van der Waals surface area contributed by atoms with Crippen molar-refractivity contribution in [2.45, 2.75) is 24.0 Å². The highest BCUT2D eigenvalue weighted by Crippen LogP contribution is 2.34. The van der Waals surface area contributed by atoms with Crippen LogP contribution < -0.4 is 5.32 Å². The predicted octanol–water partition coefficient (Wildman–Crippen LogP) is 4.18. The van der Waals surface area contributed by atoms with Crippen LogP contribution in [0.2, 0.25) is 5.02 Å². The normalized spacial score (nSPS) is 15.8. The summed E-state index contributed by atoms with van der Waals surface area (Å²) in [7, 11) is 1.86. The van der Waals surface area contributed by atoms with Gasteiger partial charge >= 0.3 is 0 Å². The van der Waals surface area contributed by atoms with Crippen LogP contribution in [0.4, 0.5) is 5.69 Å². The number of likely N-dealkylation sites (tertiary alicyclic amines) is 1. The largest absolute Gasteiger partial charge is 0.328 e. The van der Waals surface area contributed by atoms with E-state index in [0.29, 0.717) is 28.1 Å². The van der Waals surface area contributed by atoms with Crippen molar-refractivity contribution in [2.75, 3.05) is 17.6 Å². The number of carbonyl (C=O) groups excluding carboxylic acids is 2. The number of hydrogen-bond donors (Lipinski definition) is 1. The number of amides is 2. The van der Waals surface area contributed by atoms with Crippen LogP contribution in [0.25, 0.3) is 0 Å². The third kappa shape index (κ3) is 4.75. The van der Waals surface area contributed by atoms with E-state index in [1.165, 1.54) is 11.8 Å². The zero-order chi connectivity index (χ0) is 21.8. The van der Waals surface area contributed by atoms with Gasteiger partial charge < -0.3 is 14.8 Å². The lowest BCUT2D eigenvalue weighted by molar-refractivity contribution is -0.113. The number of anilines is 1. The van der Waals surface area contributed by atoms with Crippen LogP contribution in [0.15, 0.2) is 59.8 Å². The second kappa shape index (κ2) is 9.53. The molecule has 1 atom stereocenters. The van der Waals surface area contributed by atoms with Crippen LogP contribution in [0.1, 0.15) is 35.1 Å². The first-order valence-corrected chi connectivity index (χ1v) is 11.3. The number of benzene rings is 2. The lowest BCUT2D eigenvalue weighted by Gasteiger charge is -2.24. The Bertz CT molecular complexity index is 1090. The maximum atomic E-state index is 13.1. The average Bonchev–Trinajstić information content (AvgIpc) is 3.39. The standard InChI is InChI=1S/C22H22ClN5O2S/c1-27-20(18-12-7-13-28(18)21(30)16-10-5-6-11-17(16)23)25-26-22(27)31-14-19(29)24-15-8-3-2-4-9-15/h2-6,8-11,18H,7,12-14H2,1H3,(H,24,29). The Balaban J connectivity index is 1.44. The van der Waals surface area contributed by atoms with E-state index < -0.39 is 0 Å². The van der Waals surface area contributed by atoms with Crippen molar-refractivity contribution < 1.29 is 9.59 Å². The number of halogens is 1. The van der Waals surface area contributed by atoms with Gasteiger partial charge in [-0.2, -0.15) is 0 Å². The molecule has 31 heavy (non-hydrogen) atoms. The fourth-order valence-electron chi connectivity index (χ4n) is 3.66. The van der Waals surface area contributed by atoms with Gasteiger partial charge in [-0.1, -0.05) is 53.7 Å². The number of para-hydroxylation sites is 1. The first-order chi connectivity index (χ1) is 15.0. The SMILES string of the molecule is Cn1c(SCC(=O)Nc2ccccc2)nnc1C1CCCN1C(=O)c1ccccc1Cl. The molecule has 7 nitrogen and oxygen atoms in total. The molecule has 0 spiro atoms. The molecule has 1 aliphatic heterocycles. The molecule has 0 saturated carbocycles. The van der Waals surface area contributed by atoms with Gasteiger partial charge in [0.25, 0.3) is 5.91 Å². The lowest BCUT2D eigenvalue weighted by Crippen LogP contribution is -2.32. The number of carbonyl (C=O) groups is 2. The molecule has 0 bridgehead atoms. The zero-order valence-electron chi connectivity index (χ0n) is 17.0. The van der Waals surface area contributed by atoms with E-state index in [2.05, 4.69) is 15.5 Å². The number of nitrogens with one attached hydrogen (secondary N) is 1. The van der Waals surface area contributed by atoms with Crippen LogP contribution in [0.3, 0.4) is 0 Å². The quantitative estimate of drug-likeness (QED) is 0.564. The molecule has 9 heteroatoms. The monoisotopic (exact) mass is 455 g/mol. The third-order valence-corrected chi connectivity index (χ3v) is 6.52. The Kier molecular flexibility index (Phi) is 6.58. The fourth-order valence-corrected chi connectivity index (χ4v) is 4.59. The molecule has 2 aromatic carbocycles. The van der Waals surface area contributed by atoms with Gasteiger partial charge in [-0.3, -0.25) is 9.59 Å². The number of rotatable bonds is 6. The van der Waals surface area contributed by atoms with Crippen molar-refractivity contribution in [3.63, 3.8) is 0 Å². The lowest BCUT2D eigenvalue weighted by atomic mass is 10.1. The first kappa shape index (κ1) is 21.4. The summed E-state index contributed by atoms with van der Waals surface area (Å²) < 4.78 is 1.86. The molecule has 0 radical (unpaired) electrons. The van der Waals surface area contributed by atoms with Gasteiger partial charge in [0.05, 0.1) is 22.4 Å².